The Hall–Kier alpha value is -0.390. The van der Waals surface area contributed by atoms with E-state index < -0.39 is 0 Å². The molecule has 3 nitrogen and oxygen atoms in total. The molecule has 0 unspecified atom stereocenters. The molecule has 0 spiro atoms. The van der Waals surface area contributed by atoms with Gasteiger partial charge in [0, 0.05) is 20.2 Å². The van der Waals surface area contributed by atoms with Crippen LogP contribution in [-0.2, 0) is 4.74 Å². The Morgan fingerprint density at radius 2 is 2.35 bits per heavy atom. The van der Waals surface area contributed by atoms with E-state index in [-0.39, 0.29) is 5.91 Å². The lowest BCUT2D eigenvalue weighted by Gasteiger charge is -2.16. The monoisotopic (exact) mass is 317 g/mol. The van der Waals surface area contributed by atoms with Gasteiger partial charge in [0.15, 0.2) is 0 Å². The molecule has 0 N–H and O–H groups in total. The Bertz CT molecular complexity index is 390. The second kappa shape index (κ2) is 5.98. The van der Waals surface area contributed by atoms with Crippen molar-refractivity contribution in [1.82, 2.24) is 4.90 Å². The number of hydrogen-bond acceptors (Lipinski definition) is 3. The zero-order chi connectivity index (χ0) is 12.3. The molecule has 0 aliphatic heterocycles. The topological polar surface area (TPSA) is 29.5 Å². The summed E-state index contributed by atoms with van der Waals surface area (Å²) in [5.41, 5.74) is 0. The van der Waals surface area contributed by atoms with E-state index in [9.17, 15) is 4.79 Å². The minimum Gasteiger partial charge on any atom is -0.379 e. The lowest BCUT2D eigenvalue weighted by Crippen LogP contribution is -2.29. The molecule has 0 radical (unpaired) electrons. The average Bonchev–Trinajstić information content (AvgIpc) is 3.04. The minimum absolute atomic E-state index is 0.0655. The second-order valence-corrected chi connectivity index (χ2v) is 6.81. The van der Waals surface area contributed by atoms with Crippen molar-refractivity contribution >= 4 is 33.2 Å². The highest BCUT2D eigenvalue weighted by Crippen LogP contribution is 2.28. The third kappa shape index (κ3) is 4.08. The Balaban J connectivity index is 1.70. The van der Waals surface area contributed by atoms with E-state index >= 15 is 0 Å². The number of carbonyl (C=O) groups is 1. The maximum absolute atomic E-state index is 12.0. The normalized spacial score (nSPS) is 14.9. The van der Waals surface area contributed by atoms with Crippen LogP contribution < -0.4 is 0 Å². The van der Waals surface area contributed by atoms with Gasteiger partial charge in [-0.15, -0.1) is 11.3 Å². The van der Waals surface area contributed by atoms with Gasteiger partial charge in [-0.2, -0.15) is 0 Å². The molecule has 1 aliphatic rings. The van der Waals surface area contributed by atoms with Crippen LogP contribution in [0, 0.1) is 5.92 Å². The summed E-state index contributed by atoms with van der Waals surface area (Å²) in [6.07, 6.45) is 2.61. The van der Waals surface area contributed by atoms with E-state index in [1.54, 1.807) is 4.90 Å². The van der Waals surface area contributed by atoms with Gasteiger partial charge in [-0.3, -0.25) is 4.79 Å². The molecule has 1 amide bonds. The maximum Gasteiger partial charge on any atom is 0.263 e. The van der Waals surface area contributed by atoms with Crippen molar-refractivity contribution in [2.75, 3.05) is 26.8 Å². The third-order valence-corrected chi connectivity index (χ3v) is 4.36. The van der Waals surface area contributed by atoms with Crippen LogP contribution in [-0.4, -0.2) is 37.6 Å². The first-order valence-electron chi connectivity index (χ1n) is 5.75. The zero-order valence-electron chi connectivity index (χ0n) is 9.82. The summed E-state index contributed by atoms with van der Waals surface area (Å²) < 4.78 is 6.51. The summed E-state index contributed by atoms with van der Waals surface area (Å²) in [5.74, 6) is 0.847. The number of likely N-dealkylation sites (N-methyl/N-ethyl adjacent to an activating group) is 1. The van der Waals surface area contributed by atoms with Crippen LogP contribution in [0.25, 0.3) is 0 Å². The van der Waals surface area contributed by atoms with Crippen LogP contribution in [0.2, 0.25) is 0 Å². The van der Waals surface area contributed by atoms with Gasteiger partial charge < -0.3 is 9.64 Å². The highest BCUT2D eigenvalue weighted by molar-refractivity contribution is 9.11. The lowest BCUT2D eigenvalue weighted by molar-refractivity contribution is 0.0685. The molecule has 0 saturated heterocycles. The fourth-order valence-corrected chi connectivity index (χ4v) is 2.84. The molecule has 0 atom stereocenters. The largest absolute Gasteiger partial charge is 0.379 e. The number of amides is 1. The molecule has 0 aromatic carbocycles. The molecule has 1 fully saturated rings. The van der Waals surface area contributed by atoms with Crippen LogP contribution in [0.4, 0.5) is 0 Å². The Morgan fingerprint density at radius 1 is 1.59 bits per heavy atom. The zero-order valence-corrected chi connectivity index (χ0v) is 12.2. The number of carbonyl (C=O) groups excluding carboxylic acids is 1. The standard InChI is InChI=1S/C12H16BrNO2S/c1-14(6-7-16-8-9-2-3-9)12(15)10-4-5-11(13)17-10/h4-5,9H,2-3,6-8H2,1H3. The Kier molecular flexibility index (Phi) is 4.59. The first-order chi connectivity index (χ1) is 8.16. The van der Waals surface area contributed by atoms with Crippen molar-refractivity contribution < 1.29 is 9.53 Å². The lowest BCUT2D eigenvalue weighted by atomic mass is 10.4. The van der Waals surface area contributed by atoms with Crippen molar-refractivity contribution in [3.63, 3.8) is 0 Å². The second-order valence-electron chi connectivity index (χ2n) is 4.35. The van der Waals surface area contributed by atoms with E-state index in [0.29, 0.717) is 13.2 Å². The molecule has 1 heterocycles. The number of ether oxygens (including phenoxy) is 1. The van der Waals surface area contributed by atoms with Gasteiger partial charge in [0.1, 0.15) is 0 Å². The van der Waals surface area contributed by atoms with Crippen LogP contribution in [0.15, 0.2) is 15.9 Å². The third-order valence-electron chi connectivity index (χ3n) is 2.75. The number of halogens is 1. The van der Waals surface area contributed by atoms with Crippen LogP contribution in [0.1, 0.15) is 22.5 Å². The molecule has 1 saturated carbocycles. The van der Waals surface area contributed by atoms with E-state index in [1.807, 2.05) is 19.2 Å². The Labute approximate surface area is 114 Å². The Morgan fingerprint density at radius 3 is 2.94 bits per heavy atom. The van der Waals surface area contributed by atoms with Crippen LogP contribution >= 0.6 is 27.3 Å². The van der Waals surface area contributed by atoms with Gasteiger partial charge in [0.25, 0.3) is 5.91 Å². The van der Waals surface area contributed by atoms with Gasteiger partial charge in [0.05, 0.1) is 15.3 Å². The molecular formula is C12H16BrNO2S. The molecule has 1 aromatic heterocycles. The van der Waals surface area contributed by atoms with Crippen LogP contribution in [0.3, 0.4) is 0 Å². The van der Waals surface area contributed by atoms with Gasteiger partial charge in [-0.25, -0.2) is 0 Å². The van der Waals surface area contributed by atoms with Gasteiger partial charge in [-0.05, 0) is 46.8 Å². The van der Waals surface area contributed by atoms with Crippen molar-refractivity contribution in [3.05, 3.63) is 20.8 Å². The summed E-state index contributed by atoms with van der Waals surface area (Å²) >= 11 is 4.82. The summed E-state index contributed by atoms with van der Waals surface area (Å²) in [6, 6.07) is 3.74. The molecular weight excluding hydrogens is 302 g/mol. The minimum atomic E-state index is 0.0655. The molecule has 0 bridgehead atoms. The molecule has 1 aliphatic carbocycles. The molecule has 17 heavy (non-hydrogen) atoms. The van der Waals surface area contributed by atoms with Crippen molar-refractivity contribution in [2.24, 2.45) is 5.92 Å². The highest BCUT2D eigenvalue weighted by atomic mass is 79.9. The summed E-state index contributed by atoms with van der Waals surface area (Å²) in [6.45, 7) is 2.14. The summed E-state index contributed by atoms with van der Waals surface area (Å²) in [7, 11) is 1.82. The fourth-order valence-electron chi connectivity index (χ4n) is 1.45. The molecule has 1 aromatic rings. The number of thiophene rings is 1. The van der Waals surface area contributed by atoms with Crippen LogP contribution in [0.5, 0.6) is 0 Å². The predicted molar refractivity (Wildman–Crippen MR) is 72.5 cm³/mol. The van der Waals surface area contributed by atoms with Crippen molar-refractivity contribution in [1.29, 1.82) is 0 Å². The molecule has 94 valence electrons. The van der Waals surface area contributed by atoms with Gasteiger partial charge in [0.2, 0.25) is 0 Å². The quantitative estimate of drug-likeness (QED) is 0.755. The van der Waals surface area contributed by atoms with E-state index in [4.69, 9.17) is 4.74 Å². The first-order valence-corrected chi connectivity index (χ1v) is 7.36. The fraction of sp³-hybridized carbons (Fsp3) is 0.583. The van der Waals surface area contributed by atoms with Gasteiger partial charge in [-0.1, -0.05) is 0 Å². The van der Waals surface area contributed by atoms with Gasteiger partial charge >= 0.3 is 0 Å². The summed E-state index contributed by atoms with van der Waals surface area (Å²) in [4.78, 5) is 14.4. The molecule has 2 rings (SSSR count). The SMILES string of the molecule is CN(CCOCC1CC1)C(=O)c1ccc(Br)s1. The van der Waals surface area contributed by atoms with E-state index in [2.05, 4.69) is 15.9 Å². The van der Waals surface area contributed by atoms with E-state index in [1.165, 1.54) is 24.2 Å². The van der Waals surface area contributed by atoms with Crippen molar-refractivity contribution in [2.45, 2.75) is 12.8 Å². The number of nitrogens with zero attached hydrogens (tertiary/aromatic N) is 1. The summed E-state index contributed by atoms with van der Waals surface area (Å²) in [5, 5.41) is 0. The highest BCUT2D eigenvalue weighted by Gasteiger charge is 2.21. The predicted octanol–water partition coefficient (Wildman–Crippen LogP) is 3.01. The van der Waals surface area contributed by atoms with E-state index in [0.717, 1.165) is 21.2 Å². The maximum atomic E-state index is 12.0. The number of rotatable bonds is 6. The van der Waals surface area contributed by atoms with Crippen molar-refractivity contribution in [3.8, 4) is 0 Å². The number of hydrogen-bond donors (Lipinski definition) is 0. The smallest absolute Gasteiger partial charge is 0.263 e. The molecule has 5 heteroatoms. The average molecular weight is 318 g/mol. The first kappa shape index (κ1) is 13.1.